The number of hydrogen-bond donors (Lipinski definition) is 3. The SMILES string of the molecule is COc1ccc(NCCNC(=O)C(Cc2ccc(F)cc2)NC(=O)c2cccc(C)c2)cc1. The predicted octanol–water partition coefficient (Wildman–Crippen LogP) is 3.71. The first kappa shape index (κ1) is 23.8. The summed E-state index contributed by atoms with van der Waals surface area (Å²) >= 11 is 0. The summed E-state index contributed by atoms with van der Waals surface area (Å²) in [4.78, 5) is 25.6. The van der Waals surface area contributed by atoms with E-state index in [-0.39, 0.29) is 24.1 Å². The molecule has 3 aromatic carbocycles. The Balaban J connectivity index is 1.60. The zero-order chi connectivity index (χ0) is 23.6. The van der Waals surface area contributed by atoms with Gasteiger partial charge in [-0.15, -0.1) is 0 Å². The Morgan fingerprint density at radius 3 is 2.36 bits per heavy atom. The van der Waals surface area contributed by atoms with Crippen molar-refractivity contribution in [3.05, 3.63) is 95.3 Å². The molecular weight excluding hydrogens is 421 g/mol. The van der Waals surface area contributed by atoms with Crippen molar-refractivity contribution < 1.29 is 18.7 Å². The molecule has 3 N–H and O–H groups in total. The zero-order valence-corrected chi connectivity index (χ0v) is 18.7. The third-order valence-corrected chi connectivity index (χ3v) is 5.10. The summed E-state index contributed by atoms with van der Waals surface area (Å²) in [6, 6.07) is 19.7. The molecule has 6 nitrogen and oxygen atoms in total. The Bertz CT molecular complexity index is 1070. The number of hydrogen-bond acceptors (Lipinski definition) is 4. The summed E-state index contributed by atoms with van der Waals surface area (Å²) < 4.78 is 18.4. The number of aryl methyl sites for hydroxylation is 1. The predicted molar refractivity (Wildman–Crippen MR) is 127 cm³/mol. The number of nitrogens with one attached hydrogen (secondary N) is 3. The largest absolute Gasteiger partial charge is 0.497 e. The van der Waals surface area contributed by atoms with Gasteiger partial charge in [-0.3, -0.25) is 9.59 Å². The molecule has 0 saturated carbocycles. The Hall–Kier alpha value is -3.87. The van der Waals surface area contributed by atoms with Gasteiger partial charge in [0.05, 0.1) is 7.11 Å². The third kappa shape index (κ3) is 7.35. The highest BCUT2D eigenvalue weighted by Gasteiger charge is 2.22. The van der Waals surface area contributed by atoms with Gasteiger partial charge >= 0.3 is 0 Å². The number of anilines is 1. The van der Waals surface area contributed by atoms with Crippen molar-refractivity contribution in [1.82, 2.24) is 10.6 Å². The fourth-order valence-electron chi connectivity index (χ4n) is 3.32. The molecule has 7 heteroatoms. The lowest BCUT2D eigenvalue weighted by molar-refractivity contribution is -0.122. The first-order valence-electron chi connectivity index (χ1n) is 10.7. The van der Waals surface area contributed by atoms with Gasteiger partial charge in [-0.25, -0.2) is 4.39 Å². The van der Waals surface area contributed by atoms with Crippen LogP contribution in [0.25, 0.3) is 0 Å². The van der Waals surface area contributed by atoms with Crippen LogP contribution in [0, 0.1) is 12.7 Å². The van der Waals surface area contributed by atoms with Crippen LogP contribution in [-0.2, 0) is 11.2 Å². The molecule has 3 aromatic rings. The van der Waals surface area contributed by atoms with E-state index in [9.17, 15) is 14.0 Å². The first-order chi connectivity index (χ1) is 15.9. The maximum absolute atomic E-state index is 13.3. The molecule has 2 amide bonds. The Morgan fingerprint density at radius 2 is 1.70 bits per heavy atom. The quantitative estimate of drug-likeness (QED) is 0.412. The summed E-state index contributed by atoms with van der Waals surface area (Å²) in [6.07, 6.45) is 0.246. The molecule has 0 aliphatic carbocycles. The van der Waals surface area contributed by atoms with E-state index in [1.54, 1.807) is 37.4 Å². The molecule has 1 unspecified atom stereocenters. The Labute approximate surface area is 193 Å². The molecule has 0 radical (unpaired) electrons. The van der Waals surface area contributed by atoms with Gasteiger partial charge in [-0.2, -0.15) is 0 Å². The molecule has 0 heterocycles. The second-order valence-electron chi connectivity index (χ2n) is 7.67. The standard InChI is InChI=1S/C26H28FN3O3/c1-18-4-3-5-20(16-18)25(31)30-24(17-19-6-8-21(27)9-7-19)26(32)29-15-14-28-22-10-12-23(33-2)13-11-22/h3-13,16,24,28H,14-15,17H2,1-2H3,(H,29,32)(H,30,31). The maximum Gasteiger partial charge on any atom is 0.251 e. The monoisotopic (exact) mass is 449 g/mol. The number of halogens is 1. The van der Waals surface area contributed by atoms with Crippen LogP contribution in [0.3, 0.4) is 0 Å². The molecule has 0 bridgehead atoms. The molecule has 0 aliphatic rings. The average Bonchev–Trinajstić information content (AvgIpc) is 2.83. The Kier molecular flexibility index (Phi) is 8.41. The van der Waals surface area contributed by atoms with Gasteiger partial charge in [0, 0.05) is 30.8 Å². The molecule has 3 rings (SSSR count). The van der Waals surface area contributed by atoms with E-state index < -0.39 is 6.04 Å². The van der Waals surface area contributed by atoms with Gasteiger partial charge in [0.25, 0.3) is 5.91 Å². The van der Waals surface area contributed by atoms with E-state index in [0.717, 1.165) is 22.6 Å². The number of amides is 2. The van der Waals surface area contributed by atoms with E-state index in [1.165, 1.54) is 12.1 Å². The summed E-state index contributed by atoms with van der Waals surface area (Å²) in [5, 5.41) is 8.90. The van der Waals surface area contributed by atoms with Crippen molar-refractivity contribution in [2.75, 3.05) is 25.5 Å². The van der Waals surface area contributed by atoms with Crippen molar-refractivity contribution in [2.45, 2.75) is 19.4 Å². The highest BCUT2D eigenvalue weighted by Crippen LogP contribution is 2.14. The summed E-state index contributed by atoms with van der Waals surface area (Å²) in [5.41, 5.74) is 3.08. The van der Waals surface area contributed by atoms with Crippen LogP contribution in [0.5, 0.6) is 5.75 Å². The molecule has 0 spiro atoms. The molecule has 0 fully saturated rings. The fraction of sp³-hybridized carbons (Fsp3) is 0.231. The molecule has 0 aromatic heterocycles. The smallest absolute Gasteiger partial charge is 0.251 e. The molecular formula is C26H28FN3O3. The van der Waals surface area contributed by atoms with Crippen LogP contribution in [0.2, 0.25) is 0 Å². The number of ether oxygens (including phenoxy) is 1. The molecule has 0 saturated heterocycles. The van der Waals surface area contributed by atoms with E-state index in [0.29, 0.717) is 18.7 Å². The summed E-state index contributed by atoms with van der Waals surface area (Å²) in [5.74, 6) is -0.232. The van der Waals surface area contributed by atoms with Gasteiger partial charge < -0.3 is 20.7 Å². The van der Waals surface area contributed by atoms with E-state index in [2.05, 4.69) is 16.0 Å². The Morgan fingerprint density at radius 1 is 0.970 bits per heavy atom. The normalized spacial score (nSPS) is 11.4. The molecule has 33 heavy (non-hydrogen) atoms. The number of rotatable bonds is 10. The minimum atomic E-state index is -0.801. The number of carbonyl (C=O) groups is 2. The highest BCUT2D eigenvalue weighted by atomic mass is 19.1. The maximum atomic E-state index is 13.3. The van der Waals surface area contributed by atoms with Crippen molar-refractivity contribution in [1.29, 1.82) is 0 Å². The van der Waals surface area contributed by atoms with Crippen molar-refractivity contribution in [3.63, 3.8) is 0 Å². The average molecular weight is 450 g/mol. The van der Waals surface area contributed by atoms with Crippen LogP contribution < -0.4 is 20.7 Å². The zero-order valence-electron chi connectivity index (χ0n) is 18.7. The van der Waals surface area contributed by atoms with Crippen molar-refractivity contribution >= 4 is 17.5 Å². The molecule has 172 valence electrons. The van der Waals surface area contributed by atoms with E-state index in [1.807, 2.05) is 37.3 Å². The minimum absolute atomic E-state index is 0.246. The van der Waals surface area contributed by atoms with E-state index in [4.69, 9.17) is 4.74 Å². The second kappa shape index (κ2) is 11.7. The summed E-state index contributed by atoms with van der Waals surface area (Å²) in [6.45, 7) is 2.77. The van der Waals surface area contributed by atoms with E-state index >= 15 is 0 Å². The number of methoxy groups -OCH3 is 1. The van der Waals surface area contributed by atoms with Crippen molar-refractivity contribution in [3.8, 4) is 5.75 Å². The fourth-order valence-corrected chi connectivity index (χ4v) is 3.32. The van der Waals surface area contributed by atoms with Crippen LogP contribution in [-0.4, -0.2) is 38.1 Å². The number of benzene rings is 3. The lowest BCUT2D eigenvalue weighted by Gasteiger charge is -2.19. The van der Waals surface area contributed by atoms with Gasteiger partial charge in [0.1, 0.15) is 17.6 Å². The van der Waals surface area contributed by atoms with Crippen LogP contribution in [0.4, 0.5) is 10.1 Å². The lowest BCUT2D eigenvalue weighted by Crippen LogP contribution is -2.48. The highest BCUT2D eigenvalue weighted by molar-refractivity contribution is 5.97. The first-order valence-corrected chi connectivity index (χ1v) is 10.7. The summed E-state index contributed by atoms with van der Waals surface area (Å²) in [7, 11) is 1.61. The lowest BCUT2D eigenvalue weighted by atomic mass is 10.0. The van der Waals surface area contributed by atoms with Gasteiger partial charge in [-0.05, 0) is 61.0 Å². The molecule has 0 aliphatic heterocycles. The molecule has 1 atom stereocenters. The van der Waals surface area contributed by atoms with Crippen LogP contribution in [0.1, 0.15) is 21.5 Å². The van der Waals surface area contributed by atoms with Crippen LogP contribution in [0.15, 0.2) is 72.8 Å². The second-order valence-corrected chi connectivity index (χ2v) is 7.67. The van der Waals surface area contributed by atoms with Gasteiger partial charge in [-0.1, -0.05) is 29.8 Å². The third-order valence-electron chi connectivity index (χ3n) is 5.10. The van der Waals surface area contributed by atoms with Crippen molar-refractivity contribution in [2.24, 2.45) is 0 Å². The van der Waals surface area contributed by atoms with Gasteiger partial charge in [0.2, 0.25) is 5.91 Å². The minimum Gasteiger partial charge on any atom is -0.497 e. The van der Waals surface area contributed by atoms with Crippen LogP contribution >= 0.6 is 0 Å². The van der Waals surface area contributed by atoms with Gasteiger partial charge in [0.15, 0.2) is 0 Å². The number of carbonyl (C=O) groups excluding carboxylic acids is 2. The topological polar surface area (TPSA) is 79.5 Å².